The van der Waals surface area contributed by atoms with E-state index in [1.807, 2.05) is 6.07 Å². The van der Waals surface area contributed by atoms with Gasteiger partial charge in [0.1, 0.15) is 5.75 Å². The normalized spacial score (nSPS) is 22.2. The van der Waals surface area contributed by atoms with Gasteiger partial charge in [-0.25, -0.2) is 0 Å². The van der Waals surface area contributed by atoms with E-state index in [9.17, 15) is 4.79 Å². The van der Waals surface area contributed by atoms with E-state index in [-0.39, 0.29) is 22.1 Å². The number of hydrogen-bond acceptors (Lipinski definition) is 3. The lowest BCUT2D eigenvalue weighted by Gasteiger charge is -2.46. The van der Waals surface area contributed by atoms with E-state index in [1.165, 1.54) is 24.0 Å². The highest BCUT2D eigenvalue weighted by atomic mass is 32.1. The number of carbonyl (C=O) groups excluding carboxylic acids is 1. The number of thiocarbonyl (C=S) groups is 1. The Kier molecular flexibility index (Phi) is 10.3. The van der Waals surface area contributed by atoms with Crippen molar-refractivity contribution < 1.29 is 9.53 Å². The van der Waals surface area contributed by atoms with Crippen molar-refractivity contribution in [3.8, 4) is 5.75 Å². The van der Waals surface area contributed by atoms with Crippen LogP contribution in [0.25, 0.3) is 0 Å². The molecule has 1 amide bonds. The average Bonchev–Trinajstić information content (AvgIpc) is 2.68. The molecule has 1 saturated carbocycles. The SMILES string of the molecule is CCCCc1cccc(OC(=S)NCC2(C)CC(NC(=O)S)CC(C)(C)C2)c1CCCC. The first-order valence-electron chi connectivity index (χ1n) is 12.1. The van der Waals surface area contributed by atoms with Crippen LogP contribution in [0.5, 0.6) is 5.75 Å². The van der Waals surface area contributed by atoms with Gasteiger partial charge in [0.25, 0.3) is 10.4 Å². The number of carbonyl (C=O) groups is 1. The largest absolute Gasteiger partial charge is 0.432 e. The van der Waals surface area contributed by atoms with Gasteiger partial charge in [-0.1, -0.05) is 72.2 Å². The van der Waals surface area contributed by atoms with Gasteiger partial charge in [0, 0.05) is 12.6 Å². The topological polar surface area (TPSA) is 50.4 Å². The molecular formula is C26H42N2O2S2. The average molecular weight is 479 g/mol. The maximum Gasteiger partial charge on any atom is 0.276 e. The second-order valence-corrected chi connectivity index (χ2v) is 11.3. The van der Waals surface area contributed by atoms with E-state index in [0.29, 0.717) is 11.7 Å². The minimum Gasteiger partial charge on any atom is -0.432 e. The first-order valence-corrected chi connectivity index (χ1v) is 13.0. The van der Waals surface area contributed by atoms with Crippen LogP contribution in [0, 0.1) is 10.8 Å². The number of thiol groups is 1. The summed E-state index contributed by atoms with van der Waals surface area (Å²) in [5.41, 5.74) is 2.82. The molecule has 2 N–H and O–H groups in total. The summed E-state index contributed by atoms with van der Waals surface area (Å²) in [6, 6.07) is 6.47. The Morgan fingerprint density at radius 3 is 2.50 bits per heavy atom. The van der Waals surface area contributed by atoms with E-state index in [4.69, 9.17) is 17.0 Å². The van der Waals surface area contributed by atoms with Crippen LogP contribution in [0.1, 0.15) is 90.7 Å². The number of unbranched alkanes of at least 4 members (excludes halogenated alkanes) is 2. The highest BCUT2D eigenvalue weighted by Gasteiger charge is 2.41. The van der Waals surface area contributed by atoms with Crippen LogP contribution in [-0.4, -0.2) is 23.0 Å². The number of hydrogen-bond donors (Lipinski definition) is 3. The fourth-order valence-corrected chi connectivity index (χ4v) is 5.76. The number of benzene rings is 1. The van der Waals surface area contributed by atoms with Crippen molar-refractivity contribution in [3.05, 3.63) is 29.3 Å². The number of amides is 1. The summed E-state index contributed by atoms with van der Waals surface area (Å²) >= 11 is 9.52. The predicted molar refractivity (Wildman–Crippen MR) is 142 cm³/mol. The zero-order valence-corrected chi connectivity index (χ0v) is 22.3. The predicted octanol–water partition coefficient (Wildman–Crippen LogP) is 6.85. The fraction of sp³-hybridized carbons (Fsp3) is 0.692. The quantitative estimate of drug-likeness (QED) is 0.254. The third-order valence-corrected chi connectivity index (χ3v) is 6.80. The van der Waals surface area contributed by atoms with Crippen LogP contribution in [0.3, 0.4) is 0 Å². The third-order valence-electron chi connectivity index (χ3n) is 6.44. The maximum atomic E-state index is 11.5. The van der Waals surface area contributed by atoms with Gasteiger partial charge in [0.15, 0.2) is 0 Å². The molecule has 0 radical (unpaired) electrons. The van der Waals surface area contributed by atoms with Crippen LogP contribution in [0.2, 0.25) is 0 Å². The summed E-state index contributed by atoms with van der Waals surface area (Å²) in [6.07, 6.45) is 9.68. The summed E-state index contributed by atoms with van der Waals surface area (Å²) in [5, 5.41) is 6.55. The molecule has 0 aromatic heterocycles. The summed E-state index contributed by atoms with van der Waals surface area (Å²) < 4.78 is 6.18. The molecule has 6 heteroatoms. The Balaban J connectivity index is 2.06. The molecule has 2 unspecified atom stereocenters. The van der Waals surface area contributed by atoms with E-state index in [2.05, 4.69) is 70.0 Å². The van der Waals surface area contributed by atoms with Crippen molar-refractivity contribution in [2.24, 2.45) is 10.8 Å². The summed E-state index contributed by atoms with van der Waals surface area (Å²) in [7, 11) is 0. The molecular weight excluding hydrogens is 436 g/mol. The van der Waals surface area contributed by atoms with Gasteiger partial charge in [-0.15, -0.1) is 0 Å². The van der Waals surface area contributed by atoms with E-state index >= 15 is 0 Å². The molecule has 1 aliphatic carbocycles. The van der Waals surface area contributed by atoms with Crippen LogP contribution in [0.4, 0.5) is 4.79 Å². The number of nitrogens with one attached hydrogen (secondary N) is 2. The molecule has 4 nitrogen and oxygen atoms in total. The van der Waals surface area contributed by atoms with Gasteiger partial charge >= 0.3 is 0 Å². The van der Waals surface area contributed by atoms with Gasteiger partial charge in [-0.2, -0.15) is 0 Å². The molecule has 32 heavy (non-hydrogen) atoms. The zero-order chi connectivity index (χ0) is 23.8. The lowest BCUT2D eigenvalue weighted by Crippen LogP contribution is -2.49. The van der Waals surface area contributed by atoms with Gasteiger partial charge in [0.2, 0.25) is 0 Å². The van der Waals surface area contributed by atoms with Gasteiger partial charge in [-0.3, -0.25) is 4.79 Å². The smallest absolute Gasteiger partial charge is 0.276 e. The van der Waals surface area contributed by atoms with E-state index in [1.54, 1.807) is 0 Å². The first-order chi connectivity index (χ1) is 15.1. The number of rotatable bonds is 10. The minimum absolute atomic E-state index is 0.00405. The molecule has 1 aromatic carbocycles. The van der Waals surface area contributed by atoms with Crippen LogP contribution < -0.4 is 15.4 Å². The van der Waals surface area contributed by atoms with Crippen molar-refractivity contribution in [2.45, 2.75) is 98.4 Å². The second kappa shape index (κ2) is 12.3. The highest BCUT2D eigenvalue weighted by molar-refractivity contribution is 7.96. The molecule has 1 aliphatic rings. The van der Waals surface area contributed by atoms with Crippen molar-refractivity contribution in [2.75, 3.05) is 6.54 Å². The Hall–Kier alpha value is -1.27. The number of aryl methyl sites for hydroxylation is 1. The minimum atomic E-state index is -0.260. The summed E-state index contributed by atoms with van der Waals surface area (Å²) in [4.78, 5) is 11.5. The number of ether oxygens (including phenoxy) is 1. The van der Waals surface area contributed by atoms with E-state index in [0.717, 1.165) is 50.7 Å². The third kappa shape index (κ3) is 8.58. The molecule has 0 heterocycles. The molecule has 2 rings (SSSR count). The Morgan fingerprint density at radius 2 is 1.84 bits per heavy atom. The Bertz CT molecular complexity index is 781. The maximum absolute atomic E-state index is 11.5. The molecule has 0 bridgehead atoms. The molecule has 0 spiro atoms. The Labute approximate surface area is 206 Å². The summed E-state index contributed by atoms with van der Waals surface area (Å²) in [5.74, 6) is 0.888. The van der Waals surface area contributed by atoms with Crippen molar-refractivity contribution in [1.82, 2.24) is 10.6 Å². The molecule has 2 atom stereocenters. The van der Waals surface area contributed by atoms with Crippen molar-refractivity contribution >= 4 is 35.3 Å². The van der Waals surface area contributed by atoms with Crippen LogP contribution in [-0.2, 0) is 12.8 Å². The molecule has 0 saturated heterocycles. The van der Waals surface area contributed by atoms with Gasteiger partial charge < -0.3 is 15.4 Å². The molecule has 0 aliphatic heterocycles. The van der Waals surface area contributed by atoms with Crippen molar-refractivity contribution in [1.29, 1.82) is 0 Å². The lowest BCUT2D eigenvalue weighted by molar-refractivity contribution is 0.0778. The Morgan fingerprint density at radius 1 is 1.16 bits per heavy atom. The molecule has 1 aromatic rings. The monoisotopic (exact) mass is 478 g/mol. The van der Waals surface area contributed by atoms with Gasteiger partial charge in [-0.05, 0) is 85.2 Å². The molecule has 180 valence electrons. The fourth-order valence-electron chi connectivity index (χ4n) is 5.41. The standard InChI is InChI=1S/C26H42N2O2S2/c1-6-8-11-19-12-10-14-22(21(19)13-9-7-2)30-24(32)27-18-26(5)16-20(28-23(29)31)15-25(3,4)17-26/h10,12,14,20H,6-9,11,13,15-18H2,1-5H3,(H,27,32)(H2,28,29,31). The van der Waals surface area contributed by atoms with Crippen LogP contribution >= 0.6 is 24.8 Å². The zero-order valence-electron chi connectivity index (χ0n) is 20.6. The van der Waals surface area contributed by atoms with E-state index < -0.39 is 0 Å². The molecule has 1 fully saturated rings. The van der Waals surface area contributed by atoms with Crippen molar-refractivity contribution in [3.63, 3.8) is 0 Å². The first kappa shape index (κ1) is 27.0. The lowest BCUT2D eigenvalue weighted by atomic mass is 9.62. The highest BCUT2D eigenvalue weighted by Crippen LogP contribution is 2.45. The van der Waals surface area contributed by atoms with Crippen LogP contribution in [0.15, 0.2) is 18.2 Å². The summed E-state index contributed by atoms with van der Waals surface area (Å²) in [6.45, 7) is 12.0. The second-order valence-electron chi connectivity index (χ2n) is 10.6. The van der Waals surface area contributed by atoms with Gasteiger partial charge in [0.05, 0.1) is 0 Å².